The minimum atomic E-state index is -0.0966. The van der Waals surface area contributed by atoms with E-state index in [1.807, 2.05) is 11.8 Å². The van der Waals surface area contributed by atoms with Crippen molar-refractivity contribution < 1.29 is 9.21 Å². The molecule has 0 unspecified atom stereocenters. The average Bonchev–Trinajstić information content (AvgIpc) is 2.98. The molecule has 3 rings (SSSR count). The van der Waals surface area contributed by atoms with Crippen LogP contribution in [-0.2, 0) is 6.54 Å². The minimum Gasteiger partial charge on any atom is -0.454 e. The highest BCUT2D eigenvalue weighted by molar-refractivity contribution is 5.91. The zero-order valence-corrected chi connectivity index (χ0v) is 12.5. The second-order valence-electron chi connectivity index (χ2n) is 5.48. The Kier molecular flexibility index (Phi) is 4.11. The van der Waals surface area contributed by atoms with E-state index in [0.717, 1.165) is 13.1 Å². The van der Waals surface area contributed by atoms with E-state index in [0.29, 0.717) is 24.6 Å². The van der Waals surface area contributed by atoms with E-state index >= 15 is 0 Å². The number of carbonyl (C=O) groups excluding carboxylic acids is 1. The van der Waals surface area contributed by atoms with Gasteiger partial charge in [-0.1, -0.05) is 6.07 Å². The summed E-state index contributed by atoms with van der Waals surface area (Å²) in [6, 6.07) is 8.56. The number of nitrogens with one attached hydrogen (secondary N) is 1. The van der Waals surface area contributed by atoms with Crippen LogP contribution in [0.15, 0.2) is 45.7 Å². The number of rotatable bonds is 3. The molecule has 1 fully saturated rings. The predicted molar refractivity (Wildman–Crippen MR) is 81.9 cm³/mol. The lowest BCUT2D eigenvalue weighted by atomic mass is 10.2. The van der Waals surface area contributed by atoms with Crippen LogP contribution in [0.5, 0.6) is 0 Å². The molecule has 3 heterocycles. The lowest BCUT2D eigenvalue weighted by Crippen LogP contribution is -2.52. The fourth-order valence-corrected chi connectivity index (χ4v) is 2.62. The number of nitrogens with zero attached hydrogens (tertiary/aromatic N) is 2. The third-order valence-corrected chi connectivity index (χ3v) is 3.86. The number of pyridine rings is 1. The maximum absolute atomic E-state index is 12.5. The molecule has 2 aromatic rings. The Morgan fingerprint density at radius 1 is 1.36 bits per heavy atom. The predicted octanol–water partition coefficient (Wildman–Crippen LogP) is 0.923. The maximum Gasteiger partial charge on any atom is 0.289 e. The first-order chi connectivity index (χ1) is 10.6. The summed E-state index contributed by atoms with van der Waals surface area (Å²) in [5.74, 6) is 0.827. The van der Waals surface area contributed by atoms with Crippen molar-refractivity contribution in [3.05, 3.63) is 58.4 Å². The Hall–Kier alpha value is -2.34. The summed E-state index contributed by atoms with van der Waals surface area (Å²) in [5.41, 5.74) is -0.0949. The van der Waals surface area contributed by atoms with E-state index in [9.17, 15) is 9.59 Å². The SMILES string of the molecule is C[C@H]1CNCCN1C(=O)c1ccc(Cn2ccccc2=O)o1. The fourth-order valence-electron chi connectivity index (χ4n) is 2.62. The van der Waals surface area contributed by atoms with Gasteiger partial charge in [-0.3, -0.25) is 9.59 Å². The van der Waals surface area contributed by atoms with Crippen LogP contribution in [-0.4, -0.2) is 41.1 Å². The van der Waals surface area contributed by atoms with E-state index in [4.69, 9.17) is 4.42 Å². The monoisotopic (exact) mass is 301 g/mol. The third-order valence-electron chi connectivity index (χ3n) is 3.86. The number of piperazine rings is 1. The molecule has 1 amide bonds. The first-order valence-corrected chi connectivity index (χ1v) is 7.41. The van der Waals surface area contributed by atoms with Crippen molar-refractivity contribution in [3.8, 4) is 0 Å². The van der Waals surface area contributed by atoms with Crippen LogP contribution in [0.1, 0.15) is 23.2 Å². The summed E-state index contributed by atoms with van der Waals surface area (Å²) in [6.45, 7) is 4.59. The first kappa shape index (κ1) is 14.6. The zero-order chi connectivity index (χ0) is 15.5. The normalized spacial score (nSPS) is 18.4. The van der Waals surface area contributed by atoms with Crippen molar-refractivity contribution in [2.75, 3.05) is 19.6 Å². The molecule has 0 aromatic carbocycles. The van der Waals surface area contributed by atoms with E-state index in [-0.39, 0.29) is 17.5 Å². The molecule has 2 aromatic heterocycles. The van der Waals surface area contributed by atoms with Crippen LogP contribution >= 0.6 is 0 Å². The van der Waals surface area contributed by atoms with Crippen molar-refractivity contribution in [2.45, 2.75) is 19.5 Å². The summed E-state index contributed by atoms with van der Waals surface area (Å²) in [6.07, 6.45) is 1.70. The first-order valence-electron chi connectivity index (χ1n) is 7.41. The van der Waals surface area contributed by atoms with Crippen molar-refractivity contribution in [2.24, 2.45) is 0 Å². The van der Waals surface area contributed by atoms with Crippen molar-refractivity contribution in [3.63, 3.8) is 0 Å². The number of furan rings is 1. The molecule has 0 aliphatic carbocycles. The molecular formula is C16H19N3O3. The van der Waals surface area contributed by atoms with Gasteiger partial charge >= 0.3 is 0 Å². The van der Waals surface area contributed by atoms with Gasteiger partial charge in [0.25, 0.3) is 11.5 Å². The van der Waals surface area contributed by atoms with Gasteiger partial charge < -0.3 is 19.2 Å². The maximum atomic E-state index is 12.5. The Morgan fingerprint density at radius 2 is 2.23 bits per heavy atom. The molecule has 1 N–H and O–H groups in total. The average molecular weight is 301 g/mol. The fraction of sp³-hybridized carbons (Fsp3) is 0.375. The highest BCUT2D eigenvalue weighted by Crippen LogP contribution is 2.14. The molecule has 1 aliphatic rings. The van der Waals surface area contributed by atoms with Crippen LogP contribution in [0.4, 0.5) is 0 Å². The lowest BCUT2D eigenvalue weighted by Gasteiger charge is -2.33. The molecule has 1 atom stereocenters. The molecule has 1 aliphatic heterocycles. The van der Waals surface area contributed by atoms with Crippen molar-refractivity contribution in [1.82, 2.24) is 14.8 Å². The molecule has 6 heteroatoms. The summed E-state index contributed by atoms with van der Waals surface area (Å²) in [4.78, 5) is 26.0. The second kappa shape index (κ2) is 6.19. The van der Waals surface area contributed by atoms with Crippen LogP contribution in [0.3, 0.4) is 0 Å². The van der Waals surface area contributed by atoms with E-state index < -0.39 is 0 Å². The second-order valence-corrected chi connectivity index (χ2v) is 5.48. The molecule has 0 bridgehead atoms. The Labute approximate surface area is 128 Å². The van der Waals surface area contributed by atoms with Gasteiger partial charge in [0.2, 0.25) is 0 Å². The van der Waals surface area contributed by atoms with E-state index in [1.54, 1.807) is 35.0 Å². The number of amides is 1. The largest absolute Gasteiger partial charge is 0.454 e. The number of hydrogen-bond donors (Lipinski definition) is 1. The Bertz CT molecular complexity index is 719. The van der Waals surface area contributed by atoms with Gasteiger partial charge in [-0.05, 0) is 25.1 Å². The van der Waals surface area contributed by atoms with Gasteiger partial charge in [0.15, 0.2) is 5.76 Å². The zero-order valence-electron chi connectivity index (χ0n) is 12.5. The summed E-state index contributed by atoms with van der Waals surface area (Å²) in [5, 5.41) is 3.25. The van der Waals surface area contributed by atoms with Gasteiger partial charge in [-0.25, -0.2) is 0 Å². The topological polar surface area (TPSA) is 67.5 Å². The van der Waals surface area contributed by atoms with Gasteiger partial charge in [0.05, 0.1) is 6.54 Å². The lowest BCUT2D eigenvalue weighted by molar-refractivity contribution is 0.0621. The number of carbonyl (C=O) groups is 1. The highest BCUT2D eigenvalue weighted by atomic mass is 16.4. The number of hydrogen-bond acceptors (Lipinski definition) is 4. The molecule has 1 saturated heterocycles. The summed E-state index contributed by atoms with van der Waals surface area (Å²) in [7, 11) is 0. The molecule has 0 spiro atoms. The molecular weight excluding hydrogens is 282 g/mol. The van der Waals surface area contributed by atoms with Crippen LogP contribution in [0.25, 0.3) is 0 Å². The van der Waals surface area contributed by atoms with Crippen molar-refractivity contribution in [1.29, 1.82) is 0 Å². The number of aromatic nitrogens is 1. The molecule has 0 radical (unpaired) electrons. The molecule has 6 nitrogen and oxygen atoms in total. The van der Waals surface area contributed by atoms with Crippen molar-refractivity contribution >= 4 is 5.91 Å². The molecule has 22 heavy (non-hydrogen) atoms. The van der Waals surface area contributed by atoms with Crippen LogP contribution in [0, 0.1) is 0 Å². The van der Waals surface area contributed by atoms with E-state index in [1.165, 1.54) is 6.07 Å². The van der Waals surface area contributed by atoms with Gasteiger partial charge in [0, 0.05) is 37.9 Å². The molecule has 116 valence electrons. The van der Waals surface area contributed by atoms with Crippen LogP contribution in [0.2, 0.25) is 0 Å². The minimum absolute atomic E-state index is 0.0949. The highest BCUT2D eigenvalue weighted by Gasteiger charge is 2.26. The van der Waals surface area contributed by atoms with E-state index in [2.05, 4.69) is 5.32 Å². The molecule has 0 saturated carbocycles. The van der Waals surface area contributed by atoms with Gasteiger partial charge in [-0.2, -0.15) is 0 Å². The van der Waals surface area contributed by atoms with Crippen LogP contribution < -0.4 is 10.9 Å². The smallest absolute Gasteiger partial charge is 0.289 e. The summed E-state index contributed by atoms with van der Waals surface area (Å²) < 4.78 is 7.18. The standard InChI is InChI=1S/C16H19N3O3/c1-12-10-17-7-9-19(12)16(21)14-6-5-13(22-14)11-18-8-3-2-4-15(18)20/h2-6,8,12,17H,7,9-11H2,1H3/t12-/m0/s1. The summed E-state index contributed by atoms with van der Waals surface area (Å²) >= 11 is 0. The van der Waals surface area contributed by atoms with Gasteiger partial charge in [0.1, 0.15) is 5.76 Å². The third kappa shape index (κ3) is 2.96. The Balaban J connectivity index is 1.75. The Morgan fingerprint density at radius 3 is 3.00 bits per heavy atom. The van der Waals surface area contributed by atoms with Gasteiger partial charge in [-0.15, -0.1) is 0 Å². The quantitative estimate of drug-likeness (QED) is 0.915.